The summed E-state index contributed by atoms with van der Waals surface area (Å²) in [5.41, 5.74) is 1.25. The van der Waals surface area contributed by atoms with E-state index in [1.54, 1.807) is 4.90 Å². The Morgan fingerprint density at radius 1 is 1.28 bits per heavy atom. The molecular weight excluding hydrogens is 244 g/mol. The summed E-state index contributed by atoms with van der Waals surface area (Å²) in [6.07, 6.45) is 2.91. The number of benzene rings is 1. The molecule has 2 aliphatic rings. The van der Waals surface area contributed by atoms with Crippen LogP contribution in [-0.4, -0.2) is 40.0 Å². The minimum atomic E-state index is 0.0354. The lowest BCUT2D eigenvalue weighted by Gasteiger charge is -2.18. The summed E-state index contributed by atoms with van der Waals surface area (Å²) >= 11 is 5.40. The number of rotatable bonds is 3. The number of carbonyl (C=O) groups excluding carboxylic acids is 1. The maximum absolute atomic E-state index is 12.2. The van der Waals surface area contributed by atoms with E-state index in [1.807, 2.05) is 18.2 Å². The normalized spacial score (nSPS) is 22.8. The summed E-state index contributed by atoms with van der Waals surface area (Å²) in [5, 5.41) is 0.735. The van der Waals surface area contributed by atoms with Crippen LogP contribution in [0.4, 0.5) is 0 Å². The molecular formula is C14H16N2OS. The maximum Gasteiger partial charge on any atom is 0.251 e. The van der Waals surface area contributed by atoms with Gasteiger partial charge in [0.25, 0.3) is 5.91 Å². The summed E-state index contributed by atoms with van der Waals surface area (Å²) in [4.78, 5) is 16.1. The summed E-state index contributed by atoms with van der Waals surface area (Å²) < 4.78 is 0. The fraction of sp³-hybridized carbons (Fsp3) is 0.429. The number of thiocarbonyl (C=S) groups is 1. The molecule has 0 aromatic heterocycles. The summed E-state index contributed by atoms with van der Waals surface area (Å²) in [6, 6.07) is 10.3. The molecule has 3 rings (SSSR count). The van der Waals surface area contributed by atoms with Crippen molar-refractivity contribution in [2.75, 3.05) is 13.1 Å². The van der Waals surface area contributed by atoms with E-state index in [1.165, 1.54) is 5.56 Å². The van der Waals surface area contributed by atoms with E-state index in [0.29, 0.717) is 6.54 Å². The molecule has 2 fully saturated rings. The fourth-order valence-corrected chi connectivity index (χ4v) is 3.17. The number of hydrogen-bond donors (Lipinski definition) is 0. The van der Waals surface area contributed by atoms with Gasteiger partial charge in [-0.2, -0.15) is 0 Å². The van der Waals surface area contributed by atoms with Crippen molar-refractivity contribution < 1.29 is 4.79 Å². The predicted molar refractivity (Wildman–Crippen MR) is 74.2 cm³/mol. The second-order valence-electron chi connectivity index (χ2n) is 4.86. The summed E-state index contributed by atoms with van der Waals surface area (Å²) in [5.74, 6) is 0.202. The third kappa shape index (κ3) is 1.90. The zero-order valence-electron chi connectivity index (χ0n) is 10.2. The number of hydrogen-bond acceptors (Lipinski definition) is 2. The molecule has 2 saturated heterocycles. The lowest BCUT2D eigenvalue weighted by atomic mass is 10.1. The van der Waals surface area contributed by atoms with Crippen molar-refractivity contribution in [2.45, 2.75) is 25.3 Å². The van der Waals surface area contributed by atoms with Crippen molar-refractivity contribution in [3.05, 3.63) is 35.9 Å². The van der Waals surface area contributed by atoms with Gasteiger partial charge in [-0.3, -0.25) is 9.69 Å². The van der Waals surface area contributed by atoms with E-state index in [2.05, 4.69) is 17.0 Å². The first-order valence-electron chi connectivity index (χ1n) is 6.43. The van der Waals surface area contributed by atoms with Crippen molar-refractivity contribution >= 4 is 23.2 Å². The summed E-state index contributed by atoms with van der Waals surface area (Å²) in [7, 11) is 0. The minimum absolute atomic E-state index is 0.0354. The van der Waals surface area contributed by atoms with Crippen molar-refractivity contribution in [3.63, 3.8) is 0 Å². The SMILES string of the molecule is O=C1[C@H]2CCCN2C(=S)N1CCc1ccccc1. The molecule has 0 N–H and O–H groups in total. The average molecular weight is 260 g/mol. The van der Waals surface area contributed by atoms with E-state index in [4.69, 9.17) is 12.2 Å². The van der Waals surface area contributed by atoms with Gasteiger partial charge < -0.3 is 4.90 Å². The van der Waals surface area contributed by atoms with Crippen LogP contribution in [0.3, 0.4) is 0 Å². The number of amides is 1. The molecule has 0 bridgehead atoms. The van der Waals surface area contributed by atoms with Gasteiger partial charge in [0.15, 0.2) is 5.11 Å². The van der Waals surface area contributed by atoms with Crippen LogP contribution < -0.4 is 0 Å². The van der Waals surface area contributed by atoms with Crippen LogP contribution in [0.25, 0.3) is 0 Å². The monoisotopic (exact) mass is 260 g/mol. The average Bonchev–Trinajstić information content (AvgIpc) is 2.95. The smallest absolute Gasteiger partial charge is 0.251 e. The van der Waals surface area contributed by atoms with Gasteiger partial charge in [-0.1, -0.05) is 30.3 Å². The van der Waals surface area contributed by atoms with Gasteiger partial charge in [-0.15, -0.1) is 0 Å². The van der Waals surface area contributed by atoms with Gasteiger partial charge in [-0.25, -0.2) is 0 Å². The molecule has 0 radical (unpaired) electrons. The second kappa shape index (κ2) is 4.69. The van der Waals surface area contributed by atoms with Gasteiger partial charge in [0, 0.05) is 13.1 Å². The summed E-state index contributed by atoms with van der Waals surface area (Å²) in [6.45, 7) is 1.64. The molecule has 1 atom stereocenters. The highest BCUT2D eigenvalue weighted by atomic mass is 32.1. The van der Waals surface area contributed by atoms with Crippen LogP contribution in [0, 0.1) is 0 Å². The topological polar surface area (TPSA) is 23.6 Å². The third-order valence-corrected chi connectivity index (χ3v) is 4.20. The molecule has 3 nitrogen and oxygen atoms in total. The van der Waals surface area contributed by atoms with Gasteiger partial charge >= 0.3 is 0 Å². The molecule has 0 spiro atoms. The Balaban J connectivity index is 1.67. The largest absolute Gasteiger partial charge is 0.337 e. The molecule has 94 valence electrons. The predicted octanol–water partition coefficient (Wildman–Crippen LogP) is 1.82. The van der Waals surface area contributed by atoms with Crippen LogP contribution in [0.5, 0.6) is 0 Å². The van der Waals surface area contributed by atoms with Crippen LogP contribution in [0.2, 0.25) is 0 Å². The zero-order chi connectivity index (χ0) is 12.5. The van der Waals surface area contributed by atoms with Crippen molar-refractivity contribution in [3.8, 4) is 0 Å². The maximum atomic E-state index is 12.2. The second-order valence-corrected chi connectivity index (χ2v) is 5.22. The van der Waals surface area contributed by atoms with Crippen LogP contribution >= 0.6 is 12.2 Å². The first-order chi connectivity index (χ1) is 8.77. The number of carbonyl (C=O) groups is 1. The van der Waals surface area contributed by atoms with Gasteiger partial charge in [0.2, 0.25) is 0 Å². The van der Waals surface area contributed by atoms with Gasteiger partial charge in [0.05, 0.1) is 0 Å². The van der Waals surface area contributed by atoms with Crippen LogP contribution in [0.15, 0.2) is 30.3 Å². The first-order valence-corrected chi connectivity index (χ1v) is 6.84. The highest BCUT2D eigenvalue weighted by Gasteiger charge is 2.44. The molecule has 18 heavy (non-hydrogen) atoms. The molecule has 1 amide bonds. The fourth-order valence-electron chi connectivity index (χ4n) is 2.77. The first kappa shape index (κ1) is 11.7. The van der Waals surface area contributed by atoms with Crippen molar-refractivity contribution in [1.82, 2.24) is 9.80 Å². The van der Waals surface area contributed by atoms with E-state index in [-0.39, 0.29) is 11.9 Å². The molecule has 0 saturated carbocycles. The highest BCUT2D eigenvalue weighted by Crippen LogP contribution is 2.27. The van der Waals surface area contributed by atoms with Crippen LogP contribution in [0.1, 0.15) is 18.4 Å². The number of nitrogens with zero attached hydrogens (tertiary/aromatic N) is 2. The molecule has 0 unspecified atom stereocenters. The van der Waals surface area contributed by atoms with E-state index in [9.17, 15) is 4.79 Å². The molecule has 4 heteroatoms. The van der Waals surface area contributed by atoms with Gasteiger partial charge in [-0.05, 0) is 37.0 Å². The van der Waals surface area contributed by atoms with Gasteiger partial charge in [0.1, 0.15) is 6.04 Å². The van der Waals surface area contributed by atoms with Crippen molar-refractivity contribution in [1.29, 1.82) is 0 Å². The Hall–Kier alpha value is -1.42. The minimum Gasteiger partial charge on any atom is -0.337 e. The number of fused-ring (bicyclic) bond motifs is 1. The lowest BCUT2D eigenvalue weighted by Crippen LogP contribution is -2.34. The Morgan fingerprint density at radius 3 is 2.78 bits per heavy atom. The quantitative estimate of drug-likeness (QED) is 0.775. The third-order valence-electron chi connectivity index (χ3n) is 3.75. The molecule has 2 heterocycles. The molecule has 2 aliphatic heterocycles. The Bertz CT molecular complexity index is 452. The van der Waals surface area contributed by atoms with Crippen molar-refractivity contribution in [2.24, 2.45) is 0 Å². The van der Waals surface area contributed by atoms with E-state index < -0.39 is 0 Å². The Morgan fingerprint density at radius 2 is 2.06 bits per heavy atom. The zero-order valence-corrected chi connectivity index (χ0v) is 11.0. The van der Waals surface area contributed by atoms with E-state index in [0.717, 1.165) is 30.9 Å². The van der Waals surface area contributed by atoms with Crippen LogP contribution in [-0.2, 0) is 11.2 Å². The Kier molecular flexibility index (Phi) is 3.04. The highest BCUT2D eigenvalue weighted by molar-refractivity contribution is 7.80. The van der Waals surface area contributed by atoms with E-state index >= 15 is 0 Å². The Labute approximate surface area is 112 Å². The molecule has 1 aromatic carbocycles. The molecule has 1 aromatic rings. The molecule has 0 aliphatic carbocycles. The standard InChI is InChI=1S/C14H16N2OS/c17-13-12-7-4-9-15(12)14(18)16(13)10-8-11-5-2-1-3-6-11/h1-3,5-6,12H,4,7-10H2/t12-/m1/s1. The lowest BCUT2D eigenvalue weighted by molar-refractivity contribution is -0.127.